The molecule has 9 heteroatoms. The SMILES string of the molecule is COc1ccc(C(O)=C2C(=O)C(=O)N(CCCN(C)C)[C@@H]2c2ccc(OC)c(OC)c2)cc1OC. The second-order valence-electron chi connectivity index (χ2n) is 8.33. The second-order valence-corrected chi connectivity index (χ2v) is 8.33. The van der Waals surface area contributed by atoms with E-state index in [0.717, 1.165) is 6.54 Å². The number of carbonyl (C=O) groups excluding carboxylic acids is 2. The molecular weight excluding hydrogens is 452 g/mol. The van der Waals surface area contributed by atoms with Crippen molar-refractivity contribution in [3.8, 4) is 23.0 Å². The number of aliphatic hydroxyl groups is 1. The van der Waals surface area contributed by atoms with Gasteiger partial charge in [0.15, 0.2) is 23.0 Å². The van der Waals surface area contributed by atoms with Crippen LogP contribution in [0, 0.1) is 0 Å². The Kier molecular flexibility index (Phi) is 8.24. The average molecular weight is 485 g/mol. The lowest BCUT2D eigenvalue weighted by Crippen LogP contribution is -2.32. The number of benzene rings is 2. The van der Waals surface area contributed by atoms with Crippen LogP contribution in [-0.4, -0.2) is 82.2 Å². The van der Waals surface area contributed by atoms with Crippen LogP contribution in [0.25, 0.3) is 5.76 Å². The molecule has 9 nitrogen and oxygen atoms in total. The Morgan fingerprint density at radius 2 is 1.46 bits per heavy atom. The highest BCUT2D eigenvalue weighted by Crippen LogP contribution is 2.42. The Bertz CT molecular complexity index is 1130. The molecule has 0 unspecified atom stereocenters. The number of aliphatic hydroxyl groups excluding tert-OH is 1. The average Bonchev–Trinajstić information content (AvgIpc) is 3.12. The molecule has 1 fully saturated rings. The number of carbonyl (C=O) groups is 2. The van der Waals surface area contributed by atoms with E-state index in [0.29, 0.717) is 47.1 Å². The maximum absolute atomic E-state index is 13.2. The molecule has 2 aromatic carbocycles. The van der Waals surface area contributed by atoms with Gasteiger partial charge in [0.05, 0.1) is 40.1 Å². The summed E-state index contributed by atoms with van der Waals surface area (Å²) in [6, 6.07) is 9.21. The highest BCUT2D eigenvalue weighted by atomic mass is 16.5. The molecule has 188 valence electrons. The minimum absolute atomic E-state index is 0.000655. The summed E-state index contributed by atoms with van der Waals surface area (Å²) in [4.78, 5) is 29.9. The maximum Gasteiger partial charge on any atom is 0.295 e. The van der Waals surface area contributed by atoms with Crippen LogP contribution < -0.4 is 18.9 Å². The number of likely N-dealkylation sites (tertiary alicyclic amines) is 1. The minimum Gasteiger partial charge on any atom is -0.507 e. The predicted molar refractivity (Wildman–Crippen MR) is 131 cm³/mol. The van der Waals surface area contributed by atoms with Crippen LogP contribution in [0.3, 0.4) is 0 Å². The van der Waals surface area contributed by atoms with Gasteiger partial charge in [0.25, 0.3) is 11.7 Å². The van der Waals surface area contributed by atoms with Gasteiger partial charge in [-0.3, -0.25) is 9.59 Å². The van der Waals surface area contributed by atoms with E-state index >= 15 is 0 Å². The van der Waals surface area contributed by atoms with Gasteiger partial charge in [-0.1, -0.05) is 6.07 Å². The van der Waals surface area contributed by atoms with Crippen molar-refractivity contribution in [2.24, 2.45) is 0 Å². The molecular formula is C26H32N2O7. The summed E-state index contributed by atoms with van der Waals surface area (Å²) in [5, 5.41) is 11.3. The van der Waals surface area contributed by atoms with Gasteiger partial charge < -0.3 is 33.9 Å². The Morgan fingerprint density at radius 1 is 0.886 bits per heavy atom. The van der Waals surface area contributed by atoms with Gasteiger partial charge in [-0.15, -0.1) is 0 Å². The van der Waals surface area contributed by atoms with Gasteiger partial charge in [0.2, 0.25) is 0 Å². The van der Waals surface area contributed by atoms with E-state index in [1.807, 2.05) is 19.0 Å². The lowest BCUT2D eigenvalue weighted by molar-refractivity contribution is -0.139. The first-order valence-electron chi connectivity index (χ1n) is 11.1. The number of nitrogens with zero attached hydrogens (tertiary/aromatic N) is 2. The first-order valence-corrected chi connectivity index (χ1v) is 11.1. The number of rotatable bonds is 10. The Labute approximate surface area is 205 Å². The zero-order chi connectivity index (χ0) is 25.7. The quantitative estimate of drug-likeness (QED) is 0.312. The summed E-state index contributed by atoms with van der Waals surface area (Å²) < 4.78 is 21.4. The summed E-state index contributed by atoms with van der Waals surface area (Å²) in [5.41, 5.74) is 0.951. The molecule has 2 aromatic rings. The van der Waals surface area contributed by atoms with Crippen LogP contribution >= 0.6 is 0 Å². The van der Waals surface area contributed by atoms with Gasteiger partial charge >= 0.3 is 0 Å². The second kappa shape index (κ2) is 11.1. The van der Waals surface area contributed by atoms with E-state index in [1.165, 1.54) is 33.3 Å². The predicted octanol–water partition coefficient (Wildman–Crippen LogP) is 3.09. The highest BCUT2D eigenvalue weighted by molar-refractivity contribution is 6.46. The van der Waals surface area contributed by atoms with E-state index in [-0.39, 0.29) is 11.3 Å². The molecule has 1 saturated heterocycles. The fourth-order valence-electron chi connectivity index (χ4n) is 4.18. The van der Waals surface area contributed by atoms with Crippen molar-refractivity contribution in [1.82, 2.24) is 9.80 Å². The fraction of sp³-hybridized carbons (Fsp3) is 0.385. The molecule has 0 aromatic heterocycles. The van der Waals surface area contributed by atoms with Crippen LogP contribution in [0.1, 0.15) is 23.6 Å². The van der Waals surface area contributed by atoms with E-state index in [2.05, 4.69) is 0 Å². The number of amides is 1. The molecule has 0 bridgehead atoms. The van der Waals surface area contributed by atoms with Crippen LogP contribution in [-0.2, 0) is 9.59 Å². The van der Waals surface area contributed by atoms with Gasteiger partial charge in [-0.25, -0.2) is 0 Å². The number of hydrogen-bond donors (Lipinski definition) is 1. The molecule has 0 saturated carbocycles. The number of hydrogen-bond acceptors (Lipinski definition) is 8. The number of ketones is 1. The minimum atomic E-state index is -0.801. The number of methoxy groups -OCH3 is 4. The van der Waals surface area contributed by atoms with Gasteiger partial charge in [0.1, 0.15) is 5.76 Å². The van der Waals surface area contributed by atoms with E-state index in [1.54, 1.807) is 36.4 Å². The largest absolute Gasteiger partial charge is 0.507 e. The molecule has 1 atom stereocenters. The van der Waals surface area contributed by atoms with E-state index in [9.17, 15) is 14.7 Å². The number of Topliss-reactive ketones (excluding diaryl/α,β-unsaturated/α-hetero) is 1. The first kappa shape index (κ1) is 25.9. The van der Waals surface area contributed by atoms with Crippen molar-refractivity contribution >= 4 is 17.4 Å². The van der Waals surface area contributed by atoms with Crippen LogP contribution in [0.15, 0.2) is 42.0 Å². The summed E-state index contributed by atoms with van der Waals surface area (Å²) in [5.74, 6) is 0.131. The van der Waals surface area contributed by atoms with Gasteiger partial charge in [0, 0.05) is 12.1 Å². The molecule has 1 amide bonds. The maximum atomic E-state index is 13.2. The summed E-state index contributed by atoms with van der Waals surface area (Å²) in [7, 11) is 9.91. The summed E-state index contributed by atoms with van der Waals surface area (Å²) >= 11 is 0. The topological polar surface area (TPSA) is 97.8 Å². The lowest BCUT2D eigenvalue weighted by atomic mass is 9.94. The first-order chi connectivity index (χ1) is 16.8. The Hall–Kier alpha value is -3.72. The smallest absolute Gasteiger partial charge is 0.295 e. The van der Waals surface area contributed by atoms with Crippen molar-refractivity contribution in [1.29, 1.82) is 0 Å². The molecule has 1 N–H and O–H groups in total. The third-order valence-electron chi connectivity index (χ3n) is 5.92. The molecule has 0 spiro atoms. The summed E-state index contributed by atoms with van der Waals surface area (Å²) in [6.07, 6.45) is 0.653. The van der Waals surface area contributed by atoms with Crippen LogP contribution in [0.4, 0.5) is 0 Å². The third-order valence-corrected chi connectivity index (χ3v) is 5.92. The van der Waals surface area contributed by atoms with Gasteiger partial charge in [-0.2, -0.15) is 0 Å². The molecule has 0 radical (unpaired) electrons. The van der Waals surface area contributed by atoms with E-state index in [4.69, 9.17) is 18.9 Å². The normalized spacial score (nSPS) is 17.1. The van der Waals surface area contributed by atoms with Crippen LogP contribution in [0.2, 0.25) is 0 Å². The van der Waals surface area contributed by atoms with Gasteiger partial charge in [-0.05, 0) is 63.0 Å². The standard InChI is InChI=1S/C26H32N2O7/c1-27(2)12-7-13-28-23(16-8-10-18(32-3)20(14-16)34-5)22(25(30)26(28)31)24(29)17-9-11-19(33-4)21(15-17)35-6/h8-11,14-15,23,29H,7,12-13H2,1-6H3/t23-/m1/s1. The fourth-order valence-corrected chi connectivity index (χ4v) is 4.18. The molecule has 1 heterocycles. The third kappa shape index (κ3) is 5.19. The zero-order valence-corrected chi connectivity index (χ0v) is 21.0. The summed E-state index contributed by atoms with van der Waals surface area (Å²) in [6.45, 7) is 1.07. The Morgan fingerprint density at radius 3 is 2.03 bits per heavy atom. The zero-order valence-electron chi connectivity index (χ0n) is 21.0. The van der Waals surface area contributed by atoms with Crippen molar-refractivity contribution in [3.63, 3.8) is 0 Å². The molecule has 0 aliphatic carbocycles. The lowest BCUT2D eigenvalue weighted by Gasteiger charge is -2.26. The van der Waals surface area contributed by atoms with E-state index < -0.39 is 17.7 Å². The van der Waals surface area contributed by atoms with Crippen LogP contribution in [0.5, 0.6) is 23.0 Å². The van der Waals surface area contributed by atoms with Crippen molar-refractivity contribution in [2.75, 3.05) is 55.6 Å². The van der Waals surface area contributed by atoms with Crippen molar-refractivity contribution < 1.29 is 33.6 Å². The van der Waals surface area contributed by atoms with Crippen molar-refractivity contribution in [3.05, 3.63) is 53.1 Å². The molecule has 1 aliphatic rings. The Balaban J connectivity index is 2.17. The molecule has 35 heavy (non-hydrogen) atoms. The van der Waals surface area contributed by atoms with Crippen molar-refractivity contribution in [2.45, 2.75) is 12.5 Å². The molecule has 3 rings (SSSR count). The monoisotopic (exact) mass is 484 g/mol. The molecule has 1 aliphatic heterocycles. The highest BCUT2D eigenvalue weighted by Gasteiger charge is 2.46. The number of ether oxygens (including phenoxy) is 4.